The molecule has 2 aromatic rings. The summed E-state index contributed by atoms with van der Waals surface area (Å²) in [6.45, 7) is 5.21. The van der Waals surface area contributed by atoms with Gasteiger partial charge in [0.15, 0.2) is 12.3 Å². The van der Waals surface area contributed by atoms with Crippen molar-refractivity contribution in [1.82, 2.24) is 0 Å². The van der Waals surface area contributed by atoms with Crippen molar-refractivity contribution < 1.29 is 19.1 Å². The monoisotopic (exact) mass is 314 g/mol. The Morgan fingerprint density at radius 3 is 2.39 bits per heavy atom. The third kappa shape index (κ3) is 3.85. The van der Waals surface area contributed by atoms with Crippen LogP contribution in [-0.2, 0) is 9.53 Å². The number of nitrogens with zero attached hydrogens (tertiary/aromatic N) is 1. The Hall–Kier alpha value is -2.89. The van der Waals surface area contributed by atoms with Gasteiger partial charge in [0.1, 0.15) is 0 Å². The molecule has 23 heavy (non-hydrogen) atoms. The molecule has 0 fully saturated rings. The van der Waals surface area contributed by atoms with Crippen LogP contribution in [0.2, 0.25) is 0 Å². The average Bonchev–Trinajstić information content (AvgIpc) is 2.51. The molecule has 2 rings (SSSR count). The molecule has 1 N–H and O–H groups in total. The predicted molar refractivity (Wildman–Crippen MR) is 84.8 cm³/mol. The Morgan fingerprint density at radius 1 is 1.13 bits per heavy atom. The number of amides is 1. The molecule has 0 saturated heterocycles. The van der Waals surface area contributed by atoms with Crippen LogP contribution in [0, 0.1) is 19.1 Å². The van der Waals surface area contributed by atoms with E-state index in [1.54, 1.807) is 6.07 Å². The van der Waals surface area contributed by atoms with Gasteiger partial charge in [0.25, 0.3) is 5.91 Å². The number of aryl methyl sites for hydroxylation is 2. The zero-order valence-electron chi connectivity index (χ0n) is 13.2. The van der Waals surface area contributed by atoms with E-state index < -0.39 is 18.0 Å². The normalized spacial score (nSPS) is 11.6. The lowest BCUT2D eigenvalue weighted by atomic mass is 10.1. The highest BCUT2D eigenvalue weighted by Crippen LogP contribution is 2.19. The van der Waals surface area contributed by atoms with Crippen LogP contribution in [0.3, 0.4) is 0 Å². The smallest absolute Gasteiger partial charge is 0.405 e. The highest BCUT2D eigenvalue weighted by molar-refractivity contribution is 5.97. The number of carbonyl (C=O) groups excluding carboxylic acids is 2. The second-order valence-corrected chi connectivity index (χ2v) is 5.22. The van der Waals surface area contributed by atoms with Crippen molar-refractivity contribution in [2.75, 3.05) is 5.32 Å². The van der Waals surface area contributed by atoms with Gasteiger partial charge in [-0.05, 0) is 38.0 Å². The molecule has 0 saturated carbocycles. The first kappa shape index (κ1) is 16.5. The summed E-state index contributed by atoms with van der Waals surface area (Å²) in [6.07, 6.45) is 0.166. The highest BCUT2D eigenvalue weighted by atomic mass is 16.6. The SMILES string of the molecule is Cc1cccc(C)c1NC(=O)[C@H](C)OC(=O)c1cccc[n+]1[O-]. The van der Waals surface area contributed by atoms with Gasteiger partial charge in [-0.1, -0.05) is 18.2 Å². The van der Waals surface area contributed by atoms with Crippen LogP contribution in [0.15, 0.2) is 42.6 Å². The quantitative estimate of drug-likeness (QED) is 0.532. The van der Waals surface area contributed by atoms with Crippen molar-refractivity contribution in [2.24, 2.45) is 0 Å². The zero-order valence-corrected chi connectivity index (χ0v) is 13.2. The van der Waals surface area contributed by atoms with E-state index in [2.05, 4.69) is 5.32 Å². The van der Waals surface area contributed by atoms with Crippen molar-refractivity contribution in [3.8, 4) is 0 Å². The van der Waals surface area contributed by atoms with E-state index in [0.717, 1.165) is 11.1 Å². The lowest BCUT2D eigenvalue weighted by Gasteiger charge is -2.15. The summed E-state index contributed by atoms with van der Waals surface area (Å²) < 4.78 is 5.46. The molecular weight excluding hydrogens is 296 g/mol. The summed E-state index contributed by atoms with van der Waals surface area (Å²) in [5.74, 6) is -1.30. The first-order chi connectivity index (χ1) is 10.9. The Balaban J connectivity index is 2.06. The van der Waals surface area contributed by atoms with Crippen molar-refractivity contribution in [3.05, 3.63) is 64.6 Å². The molecule has 0 bridgehead atoms. The number of nitrogens with one attached hydrogen (secondary N) is 1. The minimum Gasteiger partial charge on any atom is -0.618 e. The zero-order chi connectivity index (χ0) is 17.0. The number of carbonyl (C=O) groups is 2. The maximum Gasteiger partial charge on any atom is 0.405 e. The predicted octanol–water partition coefficient (Wildman–Crippen LogP) is 2.12. The van der Waals surface area contributed by atoms with E-state index in [1.807, 2.05) is 32.0 Å². The number of esters is 1. The van der Waals surface area contributed by atoms with E-state index >= 15 is 0 Å². The van der Waals surface area contributed by atoms with Crippen molar-refractivity contribution >= 4 is 17.6 Å². The fourth-order valence-corrected chi connectivity index (χ4v) is 2.10. The number of pyridine rings is 1. The minimum atomic E-state index is -1.03. The summed E-state index contributed by atoms with van der Waals surface area (Å²) in [4.78, 5) is 24.1. The summed E-state index contributed by atoms with van der Waals surface area (Å²) in [5, 5.41) is 14.3. The van der Waals surface area contributed by atoms with Crippen LogP contribution in [0.5, 0.6) is 0 Å². The number of rotatable bonds is 4. The lowest BCUT2D eigenvalue weighted by molar-refractivity contribution is -0.608. The summed E-state index contributed by atoms with van der Waals surface area (Å²) in [6, 6.07) is 10.0. The van der Waals surface area contributed by atoms with E-state index in [9.17, 15) is 14.8 Å². The van der Waals surface area contributed by atoms with Gasteiger partial charge in [0, 0.05) is 17.8 Å². The van der Waals surface area contributed by atoms with Gasteiger partial charge < -0.3 is 15.3 Å². The van der Waals surface area contributed by atoms with Crippen LogP contribution < -0.4 is 10.0 Å². The molecule has 1 amide bonds. The molecule has 120 valence electrons. The largest absolute Gasteiger partial charge is 0.618 e. The summed E-state index contributed by atoms with van der Waals surface area (Å²) in [7, 11) is 0. The van der Waals surface area contributed by atoms with Crippen LogP contribution >= 0.6 is 0 Å². The molecule has 0 spiro atoms. The molecule has 6 heteroatoms. The van der Waals surface area contributed by atoms with Gasteiger partial charge in [-0.3, -0.25) is 4.79 Å². The molecule has 0 aliphatic rings. The second kappa shape index (κ2) is 6.91. The van der Waals surface area contributed by atoms with Gasteiger partial charge in [-0.25, -0.2) is 4.79 Å². The number of anilines is 1. The lowest BCUT2D eigenvalue weighted by Crippen LogP contribution is -2.37. The molecule has 6 nitrogen and oxygen atoms in total. The molecule has 1 aromatic heterocycles. The van der Waals surface area contributed by atoms with E-state index in [0.29, 0.717) is 10.4 Å². The van der Waals surface area contributed by atoms with Crippen molar-refractivity contribution in [3.63, 3.8) is 0 Å². The topological polar surface area (TPSA) is 82.3 Å². The van der Waals surface area contributed by atoms with E-state index in [4.69, 9.17) is 4.74 Å². The molecule has 1 heterocycles. The third-order valence-corrected chi connectivity index (χ3v) is 3.42. The Kier molecular flexibility index (Phi) is 4.95. The fourth-order valence-electron chi connectivity index (χ4n) is 2.10. The van der Waals surface area contributed by atoms with Gasteiger partial charge in [0.2, 0.25) is 0 Å². The number of hydrogen-bond donors (Lipinski definition) is 1. The molecule has 1 aromatic carbocycles. The number of benzene rings is 1. The van der Waals surface area contributed by atoms with E-state index in [-0.39, 0.29) is 5.69 Å². The van der Waals surface area contributed by atoms with Crippen LogP contribution in [-0.4, -0.2) is 18.0 Å². The highest BCUT2D eigenvalue weighted by Gasteiger charge is 2.24. The molecule has 0 unspecified atom stereocenters. The standard InChI is InChI=1S/C17H18N2O4/c1-11-7-6-8-12(2)15(11)18-16(20)13(3)23-17(21)14-9-4-5-10-19(14)22/h4-10,13H,1-3H3,(H,18,20)/t13-/m0/s1. The van der Waals surface area contributed by atoms with Gasteiger partial charge in [-0.15, -0.1) is 0 Å². The van der Waals surface area contributed by atoms with Gasteiger partial charge in [-0.2, -0.15) is 4.73 Å². The Bertz CT molecular complexity index is 723. The molecule has 0 aliphatic heterocycles. The summed E-state index contributed by atoms with van der Waals surface area (Å²) >= 11 is 0. The Morgan fingerprint density at radius 2 is 1.78 bits per heavy atom. The number of aromatic nitrogens is 1. The van der Waals surface area contributed by atoms with Crippen molar-refractivity contribution in [1.29, 1.82) is 0 Å². The molecule has 0 aliphatic carbocycles. The second-order valence-electron chi connectivity index (χ2n) is 5.22. The summed E-state index contributed by atoms with van der Waals surface area (Å²) in [5.41, 5.74) is 2.35. The number of ether oxygens (including phenoxy) is 1. The van der Waals surface area contributed by atoms with Crippen LogP contribution in [0.1, 0.15) is 28.5 Å². The third-order valence-electron chi connectivity index (χ3n) is 3.42. The first-order valence-corrected chi connectivity index (χ1v) is 7.16. The fraction of sp³-hybridized carbons (Fsp3) is 0.235. The van der Waals surface area contributed by atoms with Crippen LogP contribution in [0.25, 0.3) is 0 Å². The molecule has 1 atom stereocenters. The van der Waals surface area contributed by atoms with Gasteiger partial charge >= 0.3 is 11.7 Å². The molecular formula is C17H18N2O4. The first-order valence-electron chi connectivity index (χ1n) is 7.16. The maximum atomic E-state index is 12.2. The number of para-hydroxylation sites is 1. The maximum absolute atomic E-state index is 12.2. The van der Waals surface area contributed by atoms with E-state index in [1.165, 1.54) is 25.3 Å². The average molecular weight is 314 g/mol. The van der Waals surface area contributed by atoms with Crippen molar-refractivity contribution in [2.45, 2.75) is 26.9 Å². The minimum absolute atomic E-state index is 0.167. The van der Waals surface area contributed by atoms with Gasteiger partial charge in [0.05, 0.1) is 0 Å². The van der Waals surface area contributed by atoms with Crippen LogP contribution in [0.4, 0.5) is 5.69 Å². The Labute approximate surface area is 134 Å². The molecule has 0 radical (unpaired) electrons. The number of hydrogen-bond acceptors (Lipinski definition) is 4.